The molecule has 0 saturated heterocycles. The number of hydrogen-bond acceptors (Lipinski definition) is 2. The molecule has 34 heavy (non-hydrogen) atoms. The summed E-state index contributed by atoms with van der Waals surface area (Å²) in [6.45, 7) is 12.5. The number of ether oxygens (including phenoxy) is 1. The van der Waals surface area contributed by atoms with Gasteiger partial charge >= 0.3 is 5.97 Å². The van der Waals surface area contributed by atoms with E-state index in [1.54, 1.807) is 5.57 Å². The highest BCUT2D eigenvalue weighted by Crippen LogP contribution is 2.67. The summed E-state index contributed by atoms with van der Waals surface area (Å²) in [6, 6.07) is 0. The molecule has 0 aliphatic heterocycles. The van der Waals surface area contributed by atoms with Gasteiger partial charge in [-0.2, -0.15) is 0 Å². The van der Waals surface area contributed by atoms with Gasteiger partial charge in [-0.05, 0) is 97.7 Å². The number of carbonyl (C=O) groups excluding carboxylic acids is 1. The van der Waals surface area contributed by atoms with Crippen molar-refractivity contribution in [2.24, 2.45) is 46.3 Å². The molecule has 3 heteroatoms. The van der Waals surface area contributed by atoms with Gasteiger partial charge in [-0.15, -0.1) is 11.6 Å². The Morgan fingerprint density at radius 1 is 1.06 bits per heavy atom. The topological polar surface area (TPSA) is 26.3 Å². The zero-order valence-electron chi connectivity index (χ0n) is 22.7. The van der Waals surface area contributed by atoms with Gasteiger partial charge in [0, 0.05) is 18.7 Å². The third-order valence-corrected chi connectivity index (χ3v) is 11.3. The summed E-state index contributed by atoms with van der Waals surface area (Å²) < 4.78 is 5.86. The van der Waals surface area contributed by atoms with Crippen LogP contribution in [0.2, 0.25) is 0 Å². The molecule has 3 saturated carbocycles. The van der Waals surface area contributed by atoms with E-state index in [4.69, 9.17) is 16.3 Å². The van der Waals surface area contributed by atoms with Crippen molar-refractivity contribution in [2.75, 3.05) is 5.88 Å². The predicted molar refractivity (Wildman–Crippen MR) is 143 cm³/mol. The first-order valence-electron chi connectivity index (χ1n) is 14.6. The SMILES string of the molecule is CC(C)CCC[C@@H](C)[C@H]1CC[C@H]2[C@@H]3CC=C4C[C@@H](OC(=O)CCCCl)CC[C@]4(C)[C@H]3CC[C@]12C. The summed E-state index contributed by atoms with van der Waals surface area (Å²) in [6.07, 6.45) is 18.3. The number of allylic oxidation sites excluding steroid dienone is 1. The molecule has 8 atom stereocenters. The lowest BCUT2D eigenvalue weighted by Crippen LogP contribution is -2.51. The van der Waals surface area contributed by atoms with Gasteiger partial charge in [0.2, 0.25) is 0 Å². The molecule has 0 aromatic carbocycles. The fourth-order valence-electron chi connectivity index (χ4n) is 9.21. The van der Waals surface area contributed by atoms with Gasteiger partial charge < -0.3 is 4.74 Å². The molecule has 0 N–H and O–H groups in total. The molecule has 0 unspecified atom stereocenters. The minimum absolute atomic E-state index is 0.0588. The van der Waals surface area contributed by atoms with E-state index in [0.29, 0.717) is 23.1 Å². The first-order chi connectivity index (χ1) is 16.2. The van der Waals surface area contributed by atoms with Crippen LogP contribution >= 0.6 is 11.6 Å². The van der Waals surface area contributed by atoms with E-state index >= 15 is 0 Å². The quantitative estimate of drug-likeness (QED) is 0.183. The van der Waals surface area contributed by atoms with E-state index in [-0.39, 0.29) is 12.1 Å². The molecule has 0 amide bonds. The number of rotatable bonds is 9. The van der Waals surface area contributed by atoms with E-state index in [1.165, 1.54) is 57.8 Å². The fraction of sp³-hybridized carbons (Fsp3) is 0.903. The second-order valence-electron chi connectivity index (χ2n) is 13.4. The maximum absolute atomic E-state index is 12.2. The Morgan fingerprint density at radius 3 is 2.59 bits per heavy atom. The van der Waals surface area contributed by atoms with E-state index in [9.17, 15) is 4.79 Å². The Labute approximate surface area is 215 Å². The number of esters is 1. The number of carbonyl (C=O) groups is 1. The molecule has 194 valence electrons. The Morgan fingerprint density at radius 2 is 1.85 bits per heavy atom. The molecule has 4 aliphatic carbocycles. The van der Waals surface area contributed by atoms with Crippen molar-refractivity contribution in [2.45, 2.75) is 124 Å². The lowest BCUT2D eigenvalue weighted by molar-refractivity contribution is -0.151. The zero-order valence-corrected chi connectivity index (χ0v) is 23.5. The average Bonchev–Trinajstić information content (AvgIpc) is 3.15. The van der Waals surface area contributed by atoms with Gasteiger partial charge in [-0.25, -0.2) is 0 Å². The van der Waals surface area contributed by atoms with Gasteiger partial charge in [0.25, 0.3) is 0 Å². The number of fused-ring (bicyclic) bond motifs is 5. The van der Waals surface area contributed by atoms with Crippen LogP contribution in [-0.2, 0) is 9.53 Å². The summed E-state index contributed by atoms with van der Waals surface area (Å²) in [5.74, 6) is 5.70. The molecule has 0 spiro atoms. The monoisotopic (exact) mass is 490 g/mol. The van der Waals surface area contributed by atoms with Crippen LogP contribution in [0.1, 0.15) is 118 Å². The van der Waals surface area contributed by atoms with Crippen molar-refractivity contribution in [3.8, 4) is 0 Å². The molecule has 0 bridgehead atoms. The standard InChI is InChI=1S/C31H51ClO2/c1-21(2)8-6-9-22(3)26-13-14-27-25-12-11-23-20-24(34-29(33)10-7-19-32)15-17-30(23,4)28(25)16-18-31(26,27)5/h11,21-22,24-28H,6-10,12-20H2,1-5H3/t22-,24+,25+,26-,27+,28+,30+,31-/m1/s1. The van der Waals surface area contributed by atoms with Crippen molar-refractivity contribution in [1.29, 1.82) is 0 Å². The first-order valence-corrected chi connectivity index (χ1v) is 15.2. The Kier molecular flexibility index (Phi) is 8.48. The zero-order chi connectivity index (χ0) is 24.5. The number of hydrogen-bond donors (Lipinski definition) is 0. The van der Waals surface area contributed by atoms with Gasteiger partial charge in [-0.3, -0.25) is 4.79 Å². The van der Waals surface area contributed by atoms with Crippen LogP contribution in [0.25, 0.3) is 0 Å². The number of alkyl halides is 1. The summed E-state index contributed by atoms with van der Waals surface area (Å²) in [5, 5.41) is 0. The second kappa shape index (κ2) is 10.9. The van der Waals surface area contributed by atoms with Gasteiger partial charge in [-0.1, -0.05) is 65.5 Å². The van der Waals surface area contributed by atoms with Crippen LogP contribution in [0.5, 0.6) is 0 Å². The molecule has 4 rings (SSSR count). The molecule has 2 nitrogen and oxygen atoms in total. The van der Waals surface area contributed by atoms with Crippen LogP contribution in [-0.4, -0.2) is 18.0 Å². The van der Waals surface area contributed by atoms with Crippen molar-refractivity contribution in [3.63, 3.8) is 0 Å². The van der Waals surface area contributed by atoms with Crippen LogP contribution in [0.15, 0.2) is 11.6 Å². The van der Waals surface area contributed by atoms with Crippen molar-refractivity contribution < 1.29 is 9.53 Å². The molecular weight excluding hydrogens is 440 g/mol. The van der Waals surface area contributed by atoms with Crippen molar-refractivity contribution in [1.82, 2.24) is 0 Å². The predicted octanol–water partition coefficient (Wildman–Crippen LogP) is 8.96. The van der Waals surface area contributed by atoms with E-state index < -0.39 is 0 Å². The summed E-state index contributed by atoms with van der Waals surface area (Å²) in [4.78, 5) is 12.2. The highest BCUT2D eigenvalue weighted by atomic mass is 35.5. The summed E-state index contributed by atoms with van der Waals surface area (Å²) in [7, 11) is 0. The minimum atomic E-state index is -0.0588. The first kappa shape index (κ1) is 26.6. The molecule has 3 fully saturated rings. The second-order valence-corrected chi connectivity index (χ2v) is 13.8. The third-order valence-electron chi connectivity index (χ3n) is 11.1. The molecule has 0 aromatic heterocycles. The molecular formula is C31H51ClO2. The normalized spacial score (nSPS) is 40.2. The van der Waals surface area contributed by atoms with Crippen LogP contribution in [0.3, 0.4) is 0 Å². The Bertz CT molecular complexity index is 744. The third kappa shape index (κ3) is 5.14. The maximum Gasteiger partial charge on any atom is 0.306 e. The average molecular weight is 491 g/mol. The van der Waals surface area contributed by atoms with Crippen molar-refractivity contribution in [3.05, 3.63) is 11.6 Å². The lowest BCUT2D eigenvalue weighted by Gasteiger charge is -2.58. The van der Waals surface area contributed by atoms with Crippen molar-refractivity contribution >= 4 is 17.6 Å². The maximum atomic E-state index is 12.2. The van der Waals surface area contributed by atoms with Gasteiger partial charge in [0.05, 0.1) is 0 Å². The molecule has 4 aliphatic rings. The summed E-state index contributed by atoms with van der Waals surface area (Å²) >= 11 is 5.75. The number of halogens is 1. The largest absolute Gasteiger partial charge is 0.462 e. The molecule has 0 radical (unpaired) electrons. The lowest BCUT2D eigenvalue weighted by atomic mass is 9.47. The van der Waals surface area contributed by atoms with Crippen LogP contribution in [0, 0.1) is 46.3 Å². The van der Waals surface area contributed by atoms with Gasteiger partial charge in [0.15, 0.2) is 0 Å². The minimum Gasteiger partial charge on any atom is -0.462 e. The summed E-state index contributed by atoms with van der Waals surface area (Å²) in [5.41, 5.74) is 2.48. The van der Waals surface area contributed by atoms with Gasteiger partial charge in [0.1, 0.15) is 6.10 Å². The highest BCUT2D eigenvalue weighted by Gasteiger charge is 2.59. The van der Waals surface area contributed by atoms with E-state index in [0.717, 1.165) is 54.8 Å². The Balaban J connectivity index is 1.41. The van der Waals surface area contributed by atoms with Crippen LogP contribution in [0.4, 0.5) is 0 Å². The Hall–Kier alpha value is -0.500. The van der Waals surface area contributed by atoms with E-state index in [2.05, 4.69) is 40.7 Å². The van der Waals surface area contributed by atoms with E-state index in [1.807, 2.05) is 0 Å². The highest BCUT2D eigenvalue weighted by molar-refractivity contribution is 6.17. The fourth-order valence-corrected chi connectivity index (χ4v) is 9.34. The van der Waals surface area contributed by atoms with Crippen LogP contribution < -0.4 is 0 Å². The smallest absolute Gasteiger partial charge is 0.306 e. The molecule has 0 heterocycles. The molecule has 0 aromatic rings.